The Morgan fingerprint density at radius 3 is 2.64 bits per heavy atom. The zero-order valence-corrected chi connectivity index (χ0v) is 12.2. The molecule has 3 rings (SSSR count). The molecule has 6 heteroatoms. The molecular formula is C16H16N4O2. The Kier molecular flexibility index (Phi) is 3.50. The lowest BCUT2D eigenvalue weighted by atomic mass is 10.0. The number of hydrogen-bond acceptors (Lipinski definition) is 4. The molecule has 2 heterocycles. The van der Waals surface area contributed by atoms with Crippen molar-refractivity contribution in [1.82, 2.24) is 15.1 Å². The Bertz CT molecular complexity index is 775. The summed E-state index contributed by atoms with van der Waals surface area (Å²) in [5.41, 5.74) is 7.83. The van der Waals surface area contributed by atoms with Crippen LogP contribution in [0.4, 0.5) is 5.82 Å². The minimum atomic E-state index is -0.506. The van der Waals surface area contributed by atoms with Crippen LogP contribution < -0.4 is 11.1 Å². The SMILES string of the molecule is CCC/C=C1/C(=O)NC(=O)c2c1nn(-c1ccccc1)c2N. The second-order valence-corrected chi connectivity index (χ2v) is 5.05. The van der Waals surface area contributed by atoms with Gasteiger partial charge in [0, 0.05) is 0 Å². The number of para-hydroxylation sites is 1. The fourth-order valence-electron chi connectivity index (χ4n) is 2.43. The summed E-state index contributed by atoms with van der Waals surface area (Å²) >= 11 is 0. The van der Waals surface area contributed by atoms with Crippen molar-refractivity contribution in [2.24, 2.45) is 0 Å². The molecule has 2 aromatic rings. The number of aromatic nitrogens is 2. The Labute approximate surface area is 127 Å². The standard InChI is InChI=1S/C16H16N4O2/c1-2-3-9-11-13-12(16(22)18-15(11)21)14(17)20(19-13)10-7-5-4-6-8-10/h4-9H,2-3,17H2,1H3,(H,18,21,22)/b11-9+. The highest BCUT2D eigenvalue weighted by molar-refractivity contribution is 6.31. The van der Waals surface area contributed by atoms with Gasteiger partial charge in [0.15, 0.2) is 0 Å². The maximum atomic E-state index is 12.1. The number of carbonyl (C=O) groups is 2. The first-order valence-corrected chi connectivity index (χ1v) is 7.13. The maximum absolute atomic E-state index is 12.1. The number of nitrogens with one attached hydrogen (secondary N) is 1. The molecule has 0 saturated carbocycles. The number of carbonyl (C=O) groups excluding carboxylic acids is 2. The van der Waals surface area contributed by atoms with Gasteiger partial charge in [0.05, 0.1) is 11.3 Å². The molecule has 0 fully saturated rings. The van der Waals surface area contributed by atoms with E-state index in [1.165, 1.54) is 4.68 Å². The van der Waals surface area contributed by atoms with Gasteiger partial charge in [-0.2, -0.15) is 5.10 Å². The van der Waals surface area contributed by atoms with Crippen LogP contribution in [0.2, 0.25) is 0 Å². The third kappa shape index (κ3) is 2.18. The number of benzene rings is 1. The average Bonchev–Trinajstić information content (AvgIpc) is 2.86. The van der Waals surface area contributed by atoms with E-state index in [0.29, 0.717) is 11.3 Å². The fourth-order valence-corrected chi connectivity index (χ4v) is 2.43. The maximum Gasteiger partial charge on any atom is 0.264 e. The van der Waals surface area contributed by atoms with Crippen molar-refractivity contribution < 1.29 is 9.59 Å². The van der Waals surface area contributed by atoms with Crippen molar-refractivity contribution in [3.05, 3.63) is 47.7 Å². The normalized spacial score (nSPS) is 15.8. The Hall–Kier alpha value is -2.89. The van der Waals surface area contributed by atoms with Crippen LogP contribution in [0.25, 0.3) is 11.3 Å². The van der Waals surface area contributed by atoms with Crippen LogP contribution in [0.5, 0.6) is 0 Å². The quantitative estimate of drug-likeness (QED) is 0.668. The molecule has 1 aliphatic rings. The summed E-state index contributed by atoms with van der Waals surface area (Å²) in [5, 5.41) is 6.72. The molecule has 1 aromatic carbocycles. The zero-order chi connectivity index (χ0) is 15.7. The lowest BCUT2D eigenvalue weighted by molar-refractivity contribution is -0.114. The van der Waals surface area contributed by atoms with E-state index in [4.69, 9.17) is 5.73 Å². The summed E-state index contributed by atoms with van der Waals surface area (Å²) in [6.07, 6.45) is 3.42. The number of hydrogen-bond donors (Lipinski definition) is 2. The largest absolute Gasteiger partial charge is 0.383 e. The van der Waals surface area contributed by atoms with Gasteiger partial charge in [0.1, 0.15) is 17.1 Å². The second kappa shape index (κ2) is 5.48. The Balaban J connectivity index is 2.19. The second-order valence-electron chi connectivity index (χ2n) is 5.05. The van der Waals surface area contributed by atoms with Crippen LogP contribution in [0.1, 0.15) is 35.8 Å². The Morgan fingerprint density at radius 1 is 1.23 bits per heavy atom. The first kappa shape index (κ1) is 14.1. The first-order valence-electron chi connectivity index (χ1n) is 7.13. The summed E-state index contributed by atoms with van der Waals surface area (Å²) in [5.74, 6) is -0.703. The van der Waals surface area contributed by atoms with Crippen molar-refractivity contribution in [2.45, 2.75) is 19.8 Å². The molecular weight excluding hydrogens is 280 g/mol. The van der Waals surface area contributed by atoms with Crippen LogP contribution in [0, 0.1) is 0 Å². The van der Waals surface area contributed by atoms with Crippen molar-refractivity contribution in [2.75, 3.05) is 5.73 Å². The number of allylic oxidation sites excluding steroid dienone is 1. The number of rotatable bonds is 3. The first-order chi connectivity index (χ1) is 10.6. The van der Waals surface area contributed by atoms with Gasteiger partial charge < -0.3 is 5.73 Å². The number of imide groups is 1. The smallest absolute Gasteiger partial charge is 0.264 e. The Morgan fingerprint density at radius 2 is 1.95 bits per heavy atom. The lowest BCUT2D eigenvalue weighted by Gasteiger charge is -2.13. The highest BCUT2D eigenvalue weighted by atomic mass is 16.2. The van der Waals surface area contributed by atoms with E-state index < -0.39 is 11.8 Å². The van der Waals surface area contributed by atoms with E-state index in [0.717, 1.165) is 18.5 Å². The molecule has 0 spiro atoms. The lowest BCUT2D eigenvalue weighted by Crippen LogP contribution is -2.36. The number of anilines is 1. The van der Waals surface area contributed by atoms with Crippen LogP contribution in [0.3, 0.4) is 0 Å². The molecule has 0 unspecified atom stereocenters. The summed E-state index contributed by atoms with van der Waals surface area (Å²) in [6.45, 7) is 2.01. The van der Waals surface area contributed by atoms with Crippen molar-refractivity contribution in [1.29, 1.82) is 0 Å². The van der Waals surface area contributed by atoms with Gasteiger partial charge in [0.2, 0.25) is 0 Å². The van der Waals surface area contributed by atoms with E-state index in [1.807, 2.05) is 37.3 Å². The van der Waals surface area contributed by atoms with Gasteiger partial charge in [-0.3, -0.25) is 14.9 Å². The minimum absolute atomic E-state index is 0.230. The number of unbranched alkanes of at least 4 members (excludes halogenated alkanes) is 1. The van der Waals surface area contributed by atoms with E-state index in [9.17, 15) is 9.59 Å². The molecule has 0 radical (unpaired) electrons. The van der Waals surface area contributed by atoms with Crippen LogP contribution in [-0.4, -0.2) is 21.6 Å². The number of nitrogen functional groups attached to an aromatic ring is 1. The van der Waals surface area contributed by atoms with Crippen molar-refractivity contribution in [3.63, 3.8) is 0 Å². The molecule has 0 bridgehead atoms. The van der Waals surface area contributed by atoms with E-state index in [2.05, 4.69) is 10.4 Å². The topological polar surface area (TPSA) is 90.0 Å². The zero-order valence-electron chi connectivity index (χ0n) is 12.2. The number of amides is 2. The summed E-state index contributed by atoms with van der Waals surface area (Å²) in [6, 6.07) is 9.27. The third-order valence-corrected chi connectivity index (χ3v) is 3.51. The number of nitrogens with zero attached hydrogens (tertiary/aromatic N) is 2. The molecule has 6 nitrogen and oxygen atoms in total. The number of nitrogens with two attached hydrogens (primary N) is 1. The molecule has 3 N–H and O–H groups in total. The fraction of sp³-hybridized carbons (Fsp3) is 0.188. The predicted octanol–water partition coefficient (Wildman–Crippen LogP) is 1.91. The minimum Gasteiger partial charge on any atom is -0.383 e. The van der Waals surface area contributed by atoms with Gasteiger partial charge in [0.25, 0.3) is 11.8 Å². The molecule has 0 aliphatic carbocycles. The highest BCUT2D eigenvalue weighted by Gasteiger charge is 2.33. The predicted molar refractivity (Wildman–Crippen MR) is 83.3 cm³/mol. The molecule has 112 valence electrons. The van der Waals surface area contributed by atoms with Crippen molar-refractivity contribution >= 4 is 23.2 Å². The molecule has 0 saturated heterocycles. The molecule has 22 heavy (non-hydrogen) atoms. The number of fused-ring (bicyclic) bond motifs is 1. The summed E-state index contributed by atoms with van der Waals surface area (Å²) in [4.78, 5) is 24.1. The summed E-state index contributed by atoms with van der Waals surface area (Å²) in [7, 11) is 0. The molecule has 2 amide bonds. The third-order valence-electron chi connectivity index (χ3n) is 3.51. The van der Waals surface area contributed by atoms with Crippen LogP contribution in [-0.2, 0) is 4.79 Å². The van der Waals surface area contributed by atoms with Gasteiger partial charge >= 0.3 is 0 Å². The van der Waals surface area contributed by atoms with Gasteiger partial charge in [-0.15, -0.1) is 0 Å². The molecule has 0 atom stereocenters. The van der Waals surface area contributed by atoms with Gasteiger partial charge in [-0.25, -0.2) is 4.68 Å². The van der Waals surface area contributed by atoms with Gasteiger partial charge in [-0.05, 0) is 18.6 Å². The monoisotopic (exact) mass is 296 g/mol. The average molecular weight is 296 g/mol. The van der Waals surface area contributed by atoms with E-state index in [-0.39, 0.29) is 11.4 Å². The highest BCUT2D eigenvalue weighted by Crippen LogP contribution is 2.29. The molecule has 1 aliphatic heterocycles. The molecule has 1 aromatic heterocycles. The van der Waals surface area contributed by atoms with Gasteiger partial charge in [-0.1, -0.05) is 37.6 Å². The van der Waals surface area contributed by atoms with E-state index >= 15 is 0 Å². The van der Waals surface area contributed by atoms with Crippen LogP contribution >= 0.6 is 0 Å². The summed E-state index contributed by atoms with van der Waals surface area (Å²) < 4.78 is 1.49. The van der Waals surface area contributed by atoms with E-state index in [1.54, 1.807) is 6.08 Å². The van der Waals surface area contributed by atoms with Crippen molar-refractivity contribution in [3.8, 4) is 5.69 Å². The van der Waals surface area contributed by atoms with Crippen LogP contribution in [0.15, 0.2) is 36.4 Å².